The van der Waals surface area contributed by atoms with E-state index in [0.29, 0.717) is 31.3 Å². The van der Waals surface area contributed by atoms with Crippen molar-refractivity contribution in [1.82, 2.24) is 15.1 Å². The molecule has 0 spiro atoms. The van der Waals surface area contributed by atoms with Crippen LogP contribution in [0.4, 0.5) is 4.79 Å². The quantitative estimate of drug-likeness (QED) is 0.797. The van der Waals surface area contributed by atoms with Gasteiger partial charge in [0, 0.05) is 37.8 Å². The number of ether oxygens (including phenoxy) is 1. The lowest BCUT2D eigenvalue weighted by atomic mass is 10.2. The Morgan fingerprint density at radius 1 is 1.36 bits per heavy atom. The fraction of sp³-hybridized carbons (Fsp3) is 0.562. The average Bonchev–Trinajstić information content (AvgIpc) is 2.50. The highest BCUT2D eigenvalue weighted by molar-refractivity contribution is 6.31. The van der Waals surface area contributed by atoms with Crippen LogP contribution in [0.25, 0.3) is 0 Å². The molecular formula is C16H26ClN3O2. The van der Waals surface area contributed by atoms with E-state index in [1.807, 2.05) is 38.4 Å². The zero-order valence-corrected chi connectivity index (χ0v) is 14.6. The normalized spacial score (nSPS) is 12.3. The number of methoxy groups -OCH3 is 1. The molecular weight excluding hydrogens is 302 g/mol. The minimum absolute atomic E-state index is 0.106. The van der Waals surface area contributed by atoms with E-state index < -0.39 is 0 Å². The minimum atomic E-state index is -0.106. The summed E-state index contributed by atoms with van der Waals surface area (Å²) in [5.41, 5.74) is 0.927. The molecule has 0 aliphatic rings. The Bertz CT molecular complexity index is 468. The molecule has 0 aliphatic carbocycles. The molecule has 0 radical (unpaired) electrons. The Morgan fingerprint density at radius 3 is 2.64 bits per heavy atom. The summed E-state index contributed by atoms with van der Waals surface area (Å²) in [4.78, 5) is 16.2. The third-order valence-corrected chi connectivity index (χ3v) is 3.97. The molecule has 0 aromatic heterocycles. The van der Waals surface area contributed by atoms with E-state index >= 15 is 0 Å². The van der Waals surface area contributed by atoms with Gasteiger partial charge in [-0.2, -0.15) is 0 Å². The smallest absolute Gasteiger partial charge is 0.317 e. The molecule has 1 aromatic rings. The first-order valence-electron chi connectivity index (χ1n) is 7.37. The first-order chi connectivity index (χ1) is 10.5. The summed E-state index contributed by atoms with van der Waals surface area (Å²) in [6.45, 7) is 4.13. The molecule has 1 N–H and O–H groups in total. The monoisotopic (exact) mass is 327 g/mol. The van der Waals surface area contributed by atoms with Crippen LogP contribution in [-0.4, -0.2) is 62.8 Å². The molecule has 0 aliphatic heterocycles. The summed E-state index contributed by atoms with van der Waals surface area (Å²) in [7, 11) is 5.60. The molecule has 22 heavy (non-hydrogen) atoms. The van der Waals surface area contributed by atoms with E-state index in [1.165, 1.54) is 0 Å². The number of halogens is 1. The fourth-order valence-corrected chi connectivity index (χ4v) is 2.01. The van der Waals surface area contributed by atoms with Crippen molar-refractivity contribution in [3.05, 3.63) is 34.9 Å². The molecule has 0 bridgehead atoms. The molecule has 1 rings (SSSR count). The van der Waals surface area contributed by atoms with Gasteiger partial charge in [-0.05, 0) is 32.6 Å². The highest BCUT2D eigenvalue weighted by Crippen LogP contribution is 2.17. The first kappa shape index (κ1) is 18.7. The zero-order chi connectivity index (χ0) is 16.5. The second-order valence-electron chi connectivity index (χ2n) is 5.50. The third-order valence-electron chi connectivity index (χ3n) is 3.60. The van der Waals surface area contributed by atoms with E-state index in [2.05, 4.69) is 17.1 Å². The number of hydrogen-bond acceptors (Lipinski definition) is 3. The van der Waals surface area contributed by atoms with Crippen LogP contribution >= 0.6 is 11.6 Å². The molecule has 6 heteroatoms. The van der Waals surface area contributed by atoms with Gasteiger partial charge in [0.05, 0.1) is 6.61 Å². The first-order valence-corrected chi connectivity index (χ1v) is 7.75. The van der Waals surface area contributed by atoms with Crippen LogP contribution < -0.4 is 5.32 Å². The van der Waals surface area contributed by atoms with Crippen molar-refractivity contribution in [2.45, 2.75) is 19.5 Å². The summed E-state index contributed by atoms with van der Waals surface area (Å²) in [5.74, 6) is 0. The second kappa shape index (κ2) is 9.66. The van der Waals surface area contributed by atoms with Crippen LogP contribution in [-0.2, 0) is 11.3 Å². The molecule has 0 heterocycles. The maximum Gasteiger partial charge on any atom is 0.317 e. The second-order valence-corrected chi connectivity index (χ2v) is 5.91. The predicted molar refractivity (Wildman–Crippen MR) is 90.3 cm³/mol. The zero-order valence-electron chi connectivity index (χ0n) is 13.8. The number of nitrogens with one attached hydrogen (secondary N) is 1. The molecule has 1 aromatic carbocycles. The molecule has 1 atom stereocenters. The Morgan fingerprint density at radius 2 is 2.05 bits per heavy atom. The Balaban J connectivity index is 2.67. The number of hydrogen-bond donors (Lipinski definition) is 1. The SMILES string of the molecule is COCCN(Cc1ccccc1Cl)C(=O)NC[C@@H](C)N(C)C. The van der Waals surface area contributed by atoms with Gasteiger partial charge in [0.15, 0.2) is 0 Å². The van der Waals surface area contributed by atoms with E-state index in [-0.39, 0.29) is 12.1 Å². The number of rotatable bonds is 8. The highest BCUT2D eigenvalue weighted by Gasteiger charge is 2.16. The number of amides is 2. The Kier molecular flexibility index (Phi) is 8.24. The van der Waals surface area contributed by atoms with Gasteiger partial charge in [-0.1, -0.05) is 29.8 Å². The van der Waals surface area contributed by atoms with Gasteiger partial charge in [0.1, 0.15) is 0 Å². The summed E-state index contributed by atoms with van der Waals surface area (Å²) in [6, 6.07) is 7.72. The van der Waals surface area contributed by atoms with Crippen molar-refractivity contribution in [2.75, 3.05) is 40.9 Å². The molecule has 0 fully saturated rings. The summed E-state index contributed by atoms with van der Waals surface area (Å²) in [6.07, 6.45) is 0. The maximum absolute atomic E-state index is 12.4. The molecule has 2 amide bonds. The number of urea groups is 1. The topological polar surface area (TPSA) is 44.8 Å². The van der Waals surface area contributed by atoms with Gasteiger partial charge < -0.3 is 19.9 Å². The molecule has 5 nitrogen and oxygen atoms in total. The lowest BCUT2D eigenvalue weighted by Gasteiger charge is -2.26. The van der Waals surface area contributed by atoms with Gasteiger partial charge >= 0.3 is 6.03 Å². The van der Waals surface area contributed by atoms with Crippen LogP contribution in [0.5, 0.6) is 0 Å². The number of benzene rings is 1. The lowest BCUT2D eigenvalue weighted by Crippen LogP contribution is -2.45. The van der Waals surface area contributed by atoms with Gasteiger partial charge in [-0.3, -0.25) is 0 Å². The van der Waals surface area contributed by atoms with E-state index in [4.69, 9.17) is 16.3 Å². The third kappa shape index (κ3) is 6.22. The largest absolute Gasteiger partial charge is 0.383 e. The standard InChI is InChI=1S/C16H26ClN3O2/c1-13(19(2)3)11-18-16(21)20(9-10-22-4)12-14-7-5-6-8-15(14)17/h5-8,13H,9-12H2,1-4H3,(H,18,21)/t13-/m1/s1. The average molecular weight is 328 g/mol. The predicted octanol–water partition coefficient (Wildman–Crippen LogP) is 2.45. The van der Waals surface area contributed by atoms with Crippen LogP contribution in [0.1, 0.15) is 12.5 Å². The van der Waals surface area contributed by atoms with Gasteiger partial charge in [-0.25, -0.2) is 4.79 Å². The van der Waals surface area contributed by atoms with Crippen LogP contribution in [0.2, 0.25) is 5.02 Å². The minimum Gasteiger partial charge on any atom is -0.383 e. The van der Waals surface area contributed by atoms with E-state index in [1.54, 1.807) is 12.0 Å². The molecule has 0 saturated carbocycles. The van der Waals surface area contributed by atoms with Crippen molar-refractivity contribution in [3.63, 3.8) is 0 Å². The Hall–Kier alpha value is -1.30. The number of carbonyl (C=O) groups is 1. The van der Waals surface area contributed by atoms with Gasteiger partial charge in [-0.15, -0.1) is 0 Å². The van der Waals surface area contributed by atoms with Crippen molar-refractivity contribution in [2.24, 2.45) is 0 Å². The van der Waals surface area contributed by atoms with Crippen molar-refractivity contribution >= 4 is 17.6 Å². The van der Waals surface area contributed by atoms with Gasteiger partial charge in [0.2, 0.25) is 0 Å². The van der Waals surface area contributed by atoms with Crippen molar-refractivity contribution < 1.29 is 9.53 Å². The number of likely N-dealkylation sites (N-methyl/N-ethyl adjacent to an activating group) is 1. The number of carbonyl (C=O) groups excluding carboxylic acids is 1. The number of nitrogens with zero attached hydrogens (tertiary/aromatic N) is 2. The van der Waals surface area contributed by atoms with Crippen LogP contribution in [0.3, 0.4) is 0 Å². The van der Waals surface area contributed by atoms with Crippen molar-refractivity contribution in [1.29, 1.82) is 0 Å². The van der Waals surface area contributed by atoms with Gasteiger partial charge in [0.25, 0.3) is 0 Å². The summed E-state index contributed by atoms with van der Waals surface area (Å²) < 4.78 is 5.09. The van der Waals surface area contributed by atoms with Crippen molar-refractivity contribution in [3.8, 4) is 0 Å². The lowest BCUT2D eigenvalue weighted by molar-refractivity contribution is 0.145. The summed E-state index contributed by atoms with van der Waals surface area (Å²) >= 11 is 6.18. The van der Waals surface area contributed by atoms with E-state index in [0.717, 1.165) is 5.56 Å². The fourth-order valence-electron chi connectivity index (χ4n) is 1.82. The molecule has 124 valence electrons. The van der Waals surface area contributed by atoms with Crippen LogP contribution in [0, 0.1) is 0 Å². The molecule has 0 unspecified atom stereocenters. The molecule has 0 saturated heterocycles. The maximum atomic E-state index is 12.4. The van der Waals surface area contributed by atoms with E-state index in [9.17, 15) is 4.79 Å². The highest BCUT2D eigenvalue weighted by atomic mass is 35.5. The Labute approximate surface area is 138 Å². The van der Waals surface area contributed by atoms with Crippen LogP contribution in [0.15, 0.2) is 24.3 Å². The summed E-state index contributed by atoms with van der Waals surface area (Å²) in [5, 5.41) is 3.63.